The lowest BCUT2D eigenvalue weighted by Gasteiger charge is -2.09. The lowest BCUT2D eigenvalue weighted by molar-refractivity contribution is -0.110. The minimum Gasteiger partial charge on any atom is -0.493 e. The Kier molecular flexibility index (Phi) is 5.13. The third-order valence-electron chi connectivity index (χ3n) is 4.48. The Morgan fingerprint density at radius 1 is 1.03 bits per heavy atom. The van der Waals surface area contributed by atoms with Gasteiger partial charge in [-0.05, 0) is 29.8 Å². The number of anilines is 1. The van der Waals surface area contributed by atoms with Crippen LogP contribution in [0.3, 0.4) is 0 Å². The molecular formula is C22H17N3O5. The summed E-state index contributed by atoms with van der Waals surface area (Å²) in [4.78, 5) is 32.3. The summed E-state index contributed by atoms with van der Waals surface area (Å²) in [6, 6.07) is 10.3. The molecule has 0 aliphatic carbocycles. The molecule has 0 fully saturated rings. The monoisotopic (exact) mass is 403 g/mol. The van der Waals surface area contributed by atoms with E-state index in [1.165, 1.54) is 25.7 Å². The maximum Gasteiger partial charge on any atom is 0.363 e. The number of esters is 1. The van der Waals surface area contributed by atoms with Crippen LogP contribution in [0.2, 0.25) is 0 Å². The van der Waals surface area contributed by atoms with Gasteiger partial charge in [0.15, 0.2) is 17.2 Å². The van der Waals surface area contributed by atoms with Crippen LogP contribution in [0.1, 0.15) is 21.6 Å². The van der Waals surface area contributed by atoms with Gasteiger partial charge < -0.3 is 19.5 Å². The van der Waals surface area contributed by atoms with Gasteiger partial charge >= 0.3 is 5.97 Å². The lowest BCUT2D eigenvalue weighted by atomic mass is 10.0. The number of methoxy groups -OCH3 is 2. The number of hydrogen-bond donors (Lipinski definition) is 1. The van der Waals surface area contributed by atoms with E-state index in [1.54, 1.807) is 49.6 Å². The van der Waals surface area contributed by atoms with E-state index in [0.29, 0.717) is 28.5 Å². The van der Waals surface area contributed by atoms with Crippen molar-refractivity contribution in [1.29, 1.82) is 0 Å². The highest BCUT2D eigenvalue weighted by molar-refractivity contribution is 6.35. The highest BCUT2D eigenvalue weighted by Gasteiger charge is 2.26. The first-order chi connectivity index (χ1) is 14.6. The first kappa shape index (κ1) is 19.1. The summed E-state index contributed by atoms with van der Waals surface area (Å²) >= 11 is 0. The van der Waals surface area contributed by atoms with E-state index < -0.39 is 5.97 Å². The highest BCUT2D eigenvalue weighted by atomic mass is 16.5. The zero-order valence-electron chi connectivity index (χ0n) is 16.2. The van der Waals surface area contributed by atoms with Crippen LogP contribution < -0.4 is 19.5 Å². The smallest absolute Gasteiger partial charge is 0.363 e. The van der Waals surface area contributed by atoms with Crippen molar-refractivity contribution >= 4 is 29.2 Å². The number of aromatic nitrogens is 2. The summed E-state index contributed by atoms with van der Waals surface area (Å²) in [6.07, 6.45) is 5.98. The van der Waals surface area contributed by atoms with Gasteiger partial charge in [-0.25, -0.2) is 9.78 Å². The van der Waals surface area contributed by atoms with Crippen LogP contribution in [0, 0.1) is 0 Å². The summed E-state index contributed by atoms with van der Waals surface area (Å²) in [7, 11) is 3.08. The number of fused-ring (bicyclic) bond motifs is 1. The summed E-state index contributed by atoms with van der Waals surface area (Å²) in [6.45, 7) is 0. The van der Waals surface area contributed by atoms with Crippen LogP contribution >= 0.6 is 0 Å². The minimum atomic E-state index is -0.598. The van der Waals surface area contributed by atoms with Crippen molar-refractivity contribution in [3.8, 4) is 17.2 Å². The number of amides is 1. The molecule has 2 aromatic carbocycles. The van der Waals surface area contributed by atoms with E-state index in [-0.39, 0.29) is 11.6 Å². The molecule has 8 heteroatoms. The molecule has 1 aliphatic rings. The van der Waals surface area contributed by atoms with Gasteiger partial charge in [0.1, 0.15) is 5.75 Å². The molecule has 150 valence electrons. The van der Waals surface area contributed by atoms with E-state index in [1.807, 2.05) is 0 Å². The van der Waals surface area contributed by atoms with Crippen LogP contribution in [-0.4, -0.2) is 36.1 Å². The second kappa shape index (κ2) is 8.04. The zero-order valence-corrected chi connectivity index (χ0v) is 16.2. The van der Waals surface area contributed by atoms with E-state index in [2.05, 4.69) is 15.3 Å². The Bertz CT molecular complexity index is 1140. The fourth-order valence-electron chi connectivity index (χ4n) is 3.02. The average molecular weight is 403 g/mol. The van der Waals surface area contributed by atoms with Gasteiger partial charge in [-0.3, -0.25) is 9.78 Å². The number of benzene rings is 2. The Hall–Kier alpha value is -4.20. The van der Waals surface area contributed by atoms with Crippen molar-refractivity contribution in [3.63, 3.8) is 0 Å². The molecule has 8 nitrogen and oxygen atoms in total. The van der Waals surface area contributed by atoms with Gasteiger partial charge in [0.2, 0.25) is 0 Å². The number of rotatable bonds is 5. The van der Waals surface area contributed by atoms with Gasteiger partial charge in [0.05, 0.1) is 26.1 Å². The Morgan fingerprint density at radius 3 is 2.43 bits per heavy atom. The molecule has 1 aliphatic heterocycles. The maximum atomic E-state index is 12.5. The standard InChI is InChI=1S/C22H17N3O5/c1-28-19-10-15-16(21(26)25-17(15)11-20(19)29-2)9-13-3-5-14(6-4-13)30-22(27)18-12-23-7-8-24-18/h3-12H,1-2H3,(H,25,26)/b16-9+. The van der Waals surface area contributed by atoms with Crippen molar-refractivity contribution in [2.75, 3.05) is 19.5 Å². The second-order valence-electron chi connectivity index (χ2n) is 6.31. The molecule has 1 amide bonds. The van der Waals surface area contributed by atoms with Crippen LogP contribution in [0.25, 0.3) is 11.6 Å². The summed E-state index contributed by atoms with van der Waals surface area (Å²) < 4.78 is 15.9. The van der Waals surface area contributed by atoms with E-state index in [9.17, 15) is 9.59 Å². The average Bonchev–Trinajstić information content (AvgIpc) is 3.08. The molecule has 4 rings (SSSR count). The van der Waals surface area contributed by atoms with Crippen molar-refractivity contribution in [2.45, 2.75) is 0 Å². The molecule has 1 N–H and O–H groups in total. The molecule has 3 aromatic rings. The van der Waals surface area contributed by atoms with Crippen molar-refractivity contribution < 1.29 is 23.8 Å². The Balaban J connectivity index is 1.57. The summed E-state index contributed by atoms with van der Waals surface area (Å²) in [5.41, 5.74) is 2.75. The Morgan fingerprint density at radius 2 is 1.77 bits per heavy atom. The fraction of sp³-hybridized carbons (Fsp3) is 0.0909. The SMILES string of the molecule is COc1cc2c(cc1OC)/C(=C\c1ccc(OC(=O)c3cnccn3)cc1)C(=O)N2. The fourth-order valence-corrected chi connectivity index (χ4v) is 3.02. The molecule has 0 bridgehead atoms. The minimum absolute atomic E-state index is 0.118. The molecule has 2 heterocycles. The number of carbonyl (C=O) groups excluding carboxylic acids is 2. The molecule has 0 spiro atoms. The summed E-state index contributed by atoms with van der Waals surface area (Å²) in [5, 5.41) is 2.82. The van der Waals surface area contributed by atoms with Gasteiger partial charge in [-0.15, -0.1) is 0 Å². The van der Waals surface area contributed by atoms with E-state index in [4.69, 9.17) is 14.2 Å². The molecule has 0 saturated carbocycles. The van der Waals surface area contributed by atoms with Crippen molar-refractivity contribution in [2.24, 2.45) is 0 Å². The number of nitrogens with zero attached hydrogens (tertiary/aromatic N) is 2. The number of nitrogens with one attached hydrogen (secondary N) is 1. The quantitative estimate of drug-likeness (QED) is 0.397. The number of hydrogen-bond acceptors (Lipinski definition) is 7. The molecular weight excluding hydrogens is 386 g/mol. The first-order valence-corrected chi connectivity index (χ1v) is 8.96. The van der Waals surface area contributed by atoms with Gasteiger partial charge in [-0.1, -0.05) is 12.1 Å². The van der Waals surface area contributed by atoms with Crippen molar-refractivity contribution in [1.82, 2.24) is 9.97 Å². The van der Waals surface area contributed by atoms with E-state index in [0.717, 1.165) is 11.1 Å². The molecule has 0 radical (unpaired) electrons. The molecule has 30 heavy (non-hydrogen) atoms. The molecule has 1 aromatic heterocycles. The number of ether oxygens (including phenoxy) is 3. The normalized spacial score (nSPS) is 13.5. The molecule has 0 unspecified atom stereocenters. The predicted octanol–water partition coefficient (Wildman–Crippen LogP) is 3.21. The van der Waals surface area contributed by atoms with Crippen molar-refractivity contribution in [3.05, 3.63) is 71.8 Å². The van der Waals surface area contributed by atoms with Gasteiger partial charge in [-0.2, -0.15) is 0 Å². The van der Waals surface area contributed by atoms with Crippen LogP contribution in [0.15, 0.2) is 55.0 Å². The van der Waals surface area contributed by atoms with Crippen LogP contribution in [-0.2, 0) is 4.79 Å². The van der Waals surface area contributed by atoms with Gasteiger partial charge in [0, 0.05) is 29.6 Å². The largest absolute Gasteiger partial charge is 0.493 e. The molecule has 0 atom stereocenters. The number of carbonyl (C=O) groups is 2. The van der Waals surface area contributed by atoms with Crippen LogP contribution in [0.4, 0.5) is 5.69 Å². The summed E-state index contributed by atoms with van der Waals surface area (Å²) in [5.74, 6) is 0.602. The van der Waals surface area contributed by atoms with Gasteiger partial charge in [0.25, 0.3) is 5.91 Å². The highest BCUT2D eigenvalue weighted by Crippen LogP contribution is 2.41. The Labute approximate surface area is 172 Å². The predicted molar refractivity (Wildman–Crippen MR) is 109 cm³/mol. The third-order valence-corrected chi connectivity index (χ3v) is 4.48. The first-order valence-electron chi connectivity index (χ1n) is 8.96. The lowest BCUT2D eigenvalue weighted by Crippen LogP contribution is -2.10. The maximum absolute atomic E-state index is 12.5. The second-order valence-corrected chi connectivity index (χ2v) is 6.31. The van der Waals surface area contributed by atoms with Crippen LogP contribution in [0.5, 0.6) is 17.2 Å². The zero-order chi connectivity index (χ0) is 21.1. The topological polar surface area (TPSA) is 99.6 Å². The van der Waals surface area contributed by atoms with E-state index >= 15 is 0 Å². The third kappa shape index (κ3) is 3.70. The molecule has 0 saturated heterocycles.